The Morgan fingerprint density at radius 3 is 2.85 bits per heavy atom. The molecule has 2 rings (SSSR count). The van der Waals surface area contributed by atoms with Gasteiger partial charge in [-0.1, -0.05) is 19.0 Å². The van der Waals surface area contributed by atoms with E-state index in [9.17, 15) is 4.79 Å². The van der Waals surface area contributed by atoms with Crippen LogP contribution in [0.5, 0.6) is 0 Å². The Hall–Kier alpha value is -0.220. The molecule has 0 aromatic carbocycles. The molecule has 3 nitrogen and oxygen atoms in total. The summed E-state index contributed by atoms with van der Waals surface area (Å²) in [4.78, 5) is 15.4. The summed E-state index contributed by atoms with van der Waals surface area (Å²) in [5.41, 5.74) is 0. The van der Waals surface area contributed by atoms with Crippen molar-refractivity contribution in [3.05, 3.63) is 0 Å². The van der Waals surface area contributed by atoms with Gasteiger partial charge in [-0.3, -0.25) is 9.69 Å². The van der Waals surface area contributed by atoms with Crippen LogP contribution in [0.25, 0.3) is 0 Å². The Kier molecular flexibility index (Phi) is 2.79. The van der Waals surface area contributed by atoms with Crippen LogP contribution in [-0.4, -0.2) is 47.3 Å². The molecule has 0 aromatic heterocycles. The van der Waals surface area contributed by atoms with Crippen molar-refractivity contribution in [1.82, 2.24) is 9.80 Å². The maximum Gasteiger partial charge on any atom is 0.278 e. The topological polar surface area (TPSA) is 23.6 Å². The summed E-state index contributed by atoms with van der Waals surface area (Å²) in [7, 11) is 0. The van der Waals surface area contributed by atoms with Gasteiger partial charge in [-0.15, -0.1) is 0 Å². The van der Waals surface area contributed by atoms with Gasteiger partial charge in [0.05, 0.1) is 0 Å². The van der Waals surface area contributed by atoms with Crippen LogP contribution in [0.4, 0.5) is 4.79 Å². The molecule has 2 heterocycles. The predicted molar refractivity (Wildman–Crippen MR) is 55.2 cm³/mol. The highest BCUT2D eigenvalue weighted by molar-refractivity contribution is 7.96. The first-order chi connectivity index (χ1) is 6.27. The van der Waals surface area contributed by atoms with Crippen LogP contribution in [0.2, 0.25) is 0 Å². The number of hydrogen-bond acceptors (Lipinski definition) is 2. The number of hydrogen-bond donors (Lipinski definition) is 1. The third kappa shape index (κ3) is 1.99. The molecule has 1 amide bonds. The van der Waals surface area contributed by atoms with Gasteiger partial charge in [-0.2, -0.15) is 0 Å². The molecule has 2 aliphatic heterocycles. The molecule has 2 aliphatic rings. The summed E-state index contributed by atoms with van der Waals surface area (Å²) in [5, 5.41) is -0.0646. The summed E-state index contributed by atoms with van der Waals surface area (Å²) in [6.07, 6.45) is 3.89. The van der Waals surface area contributed by atoms with Crippen molar-refractivity contribution in [2.24, 2.45) is 0 Å². The molecule has 0 saturated carbocycles. The second-order valence-electron chi connectivity index (χ2n) is 3.91. The molecule has 1 atom stereocenters. The molecule has 74 valence electrons. The van der Waals surface area contributed by atoms with E-state index >= 15 is 0 Å². The SMILES string of the molecule is O=C(S)N1CCN2CCCCC2C1. The van der Waals surface area contributed by atoms with Gasteiger partial charge in [0.25, 0.3) is 5.24 Å². The highest BCUT2D eigenvalue weighted by atomic mass is 32.1. The minimum absolute atomic E-state index is 0.0646. The Balaban J connectivity index is 1.95. The molecule has 2 saturated heterocycles. The van der Waals surface area contributed by atoms with Crippen LogP contribution in [0.1, 0.15) is 19.3 Å². The summed E-state index contributed by atoms with van der Waals surface area (Å²) >= 11 is 3.87. The summed E-state index contributed by atoms with van der Waals surface area (Å²) in [5.74, 6) is 0. The summed E-state index contributed by atoms with van der Waals surface area (Å²) in [6, 6.07) is 0.610. The van der Waals surface area contributed by atoms with Gasteiger partial charge >= 0.3 is 0 Å². The van der Waals surface area contributed by atoms with Crippen molar-refractivity contribution in [1.29, 1.82) is 0 Å². The molecule has 2 fully saturated rings. The third-order valence-corrected chi connectivity index (χ3v) is 3.39. The van der Waals surface area contributed by atoms with E-state index in [0.29, 0.717) is 6.04 Å². The molecule has 4 heteroatoms. The number of carbonyl (C=O) groups is 1. The monoisotopic (exact) mass is 200 g/mol. The third-order valence-electron chi connectivity index (χ3n) is 3.11. The molecule has 0 N–H and O–H groups in total. The highest BCUT2D eigenvalue weighted by Crippen LogP contribution is 2.21. The lowest BCUT2D eigenvalue weighted by Gasteiger charge is -2.43. The smallest absolute Gasteiger partial charge is 0.278 e. The Bertz CT molecular complexity index is 210. The normalized spacial score (nSPS) is 29.9. The van der Waals surface area contributed by atoms with Crippen LogP contribution in [-0.2, 0) is 0 Å². The van der Waals surface area contributed by atoms with Crippen LogP contribution in [0.15, 0.2) is 0 Å². The second-order valence-corrected chi connectivity index (χ2v) is 4.30. The number of amides is 1. The number of carbonyl (C=O) groups excluding carboxylic acids is 1. The number of thiol groups is 1. The maximum atomic E-state index is 11.0. The van der Waals surface area contributed by atoms with Crippen molar-refractivity contribution in [3.63, 3.8) is 0 Å². The summed E-state index contributed by atoms with van der Waals surface area (Å²) in [6.45, 7) is 4.01. The molecule has 13 heavy (non-hydrogen) atoms. The lowest BCUT2D eigenvalue weighted by Crippen LogP contribution is -2.55. The zero-order valence-corrected chi connectivity index (χ0v) is 8.67. The van der Waals surface area contributed by atoms with Gasteiger partial charge in [-0.25, -0.2) is 0 Å². The number of piperidine rings is 1. The van der Waals surface area contributed by atoms with Crippen LogP contribution in [0.3, 0.4) is 0 Å². The largest absolute Gasteiger partial charge is 0.331 e. The zero-order chi connectivity index (χ0) is 9.26. The van der Waals surface area contributed by atoms with Crippen LogP contribution in [0, 0.1) is 0 Å². The van der Waals surface area contributed by atoms with E-state index in [2.05, 4.69) is 17.5 Å². The molecule has 0 radical (unpaired) electrons. The lowest BCUT2D eigenvalue weighted by molar-refractivity contribution is 0.0709. The van der Waals surface area contributed by atoms with Crippen LogP contribution >= 0.6 is 12.6 Å². The minimum Gasteiger partial charge on any atom is -0.331 e. The van der Waals surface area contributed by atoms with Gasteiger partial charge in [-0.05, 0) is 19.4 Å². The second kappa shape index (κ2) is 3.88. The average molecular weight is 200 g/mol. The first-order valence-corrected chi connectivity index (χ1v) is 5.44. The van der Waals surface area contributed by atoms with Crippen molar-refractivity contribution in [2.75, 3.05) is 26.2 Å². The first kappa shape index (κ1) is 9.34. The average Bonchev–Trinajstić information content (AvgIpc) is 2.17. The van der Waals surface area contributed by atoms with E-state index in [1.54, 1.807) is 0 Å². The van der Waals surface area contributed by atoms with E-state index in [0.717, 1.165) is 19.6 Å². The standard InChI is InChI=1S/C9H16N2OS/c12-9(13)11-6-5-10-4-2-1-3-8(10)7-11/h8H,1-7H2,(H,12,13). The maximum absolute atomic E-state index is 11.0. The van der Waals surface area contributed by atoms with Gasteiger partial charge in [0.2, 0.25) is 0 Å². The fourth-order valence-electron chi connectivity index (χ4n) is 2.33. The fourth-order valence-corrected chi connectivity index (χ4v) is 2.51. The zero-order valence-electron chi connectivity index (χ0n) is 7.78. The molecule has 0 aliphatic carbocycles. The molecule has 0 bridgehead atoms. The minimum atomic E-state index is -0.0646. The molecule has 0 aromatic rings. The Morgan fingerprint density at radius 2 is 2.08 bits per heavy atom. The quantitative estimate of drug-likeness (QED) is 0.594. The van der Waals surface area contributed by atoms with E-state index in [1.165, 1.54) is 25.8 Å². The summed E-state index contributed by atoms with van der Waals surface area (Å²) < 4.78 is 0. The highest BCUT2D eigenvalue weighted by Gasteiger charge is 2.29. The number of rotatable bonds is 0. The van der Waals surface area contributed by atoms with Gasteiger partial charge in [0.1, 0.15) is 0 Å². The van der Waals surface area contributed by atoms with Crippen molar-refractivity contribution >= 4 is 17.9 Å². The molecular formula is C9H16N2OS. The lowest BCUT2D eigenvalue weighted by atomic mass is 10.00. The molecule has 1 unspecified atom stereocenters. The molecular weight excluding hydrogens is 184 g/mol. The van der Waals surface area contributed by atoms with Gasteiger partial charge in [0.15, 0.2) is 0 Å². The fraction of sp³-hybridized carbons (Fsp3) is 0.889. The van der Waals surface area contributed by atoms with E-state index in [4.69, 9.17) is 0 Å². The van der Waals surface area contributed by atoms with E-state index < -0.39 is 0 Å². The van der Waals surface area contributed by atoms with Crippen molar-refractivity contribution < 1.29 is 4.79 Å². The molecule has 0 spiro atoms. The number of piperazine rings is 1. The van der Waals surface area contributed by atoms with E-state index in [1.807, 2.05) is 4.90 Å². The van der Waals surface area contributed by atoms with Gasteiger partial charge in [0, 0.05) is 25.7 Å². The Labute approximate surface area is 84.5 Å². The van der Waals surface area contributed by atoms with Crippen LogP contribution < -0.4 is 0 Å². The number of nitrogens with zero attached hydrogens (tertiary/aromatic N) is 2. The van der Waals surface area contributed by atoms with Gasteiger partial charge < -0.3 is 4.90 Å². The van der Waals surface area contributed by atoms with Crippen molar-refractivity contribution in [3.8, 4) is 0 Å². The Morgan fingerprint density at radius 1 is 1.23 bits per heavy atom. The number of fused-ring (bicyclic) bond motifs is 1. The predicted octanol–water partition coefficient (Wildman–Crippen LogP) is 1.21. The van der Waals surface area contributed by atoms with Crippen molar-refractivity contribution in [2.45, 2.75) is 25.3 Å². The van der Waals surface area contributed by atoms with E-state index in [-0.39, 0.29) is 5.24 Å². The first-order valence-electron chi connectivity index (χ1n) is 4.99.